The van der Waals surface area contributed by atoms with E-state index in [4.69, 9.17) is 4.84 Å². The van der Waals surface area contributed by atoms with Crippen molar-refractivity contribution in [3.63, 3.8) is 0 Å². The van der Waals surface area contributed by atoms with E-state index >= 15 is 0 Å². The summed E-state index contributed by atoms with van der Waals surface area (Å²) in [5.41, 5.74) is 3.41. The molecule has 0 spiro atoms. The second kappa shape index (κ2) is 15.2. The van der Waals surface area contributed by atoms with Crippen molar-refractivity contribution in [3.05, 3.63) is 59.7 Å². The fourth-order valence-corrected chi connectivity index (χ4v) is 6.55. The second-order valence-electron chi connectivity index (χ2n) is 12.2. The fourth-order valence-electron chi connectivity index (χ4n) is 6.55. The van der Waals surface area contributed by atoms with E-state index in [1.54, 1.807) is 4.90 Å². The molecule has 0 saturated heterocycles. The van der Waals surface area contributed by atoms with E-state index in [0.717, 1.165) is 48.8 Å². The number of nitriles is 1. The zero-order valence-electron chi connectivity index (χ0n) is 25.2. The van der Waals surface area contributed by atoms with E-state index in [0.29, 0.717) is 18.5 Å². The number of carbonyl (C=O) groups excluding carboxylic acids is 2. The maximum absolute atomic E-state index is 14.0. The lowest BCUT2D eigenvalue weighted by molar-refractivity contribution is -0.229. The van der Waals surface area contributed by atoms with Crippen molar-refractivity contribution in [2.75, 3.05) is 0 Å². The Kier molecular flexibility index (Phi) is 11.4. The monoisotopic (exact) mass is 557 g/mol. The molecule has 220 valence electrons. The SMILES string of the molecule is CCCC(=O)N(Cc1ccc(-c2ccccc2C#N)cc1)C(C(=O)ON(C1CCCCC1)C1CCCCC1)C(C)C. The Hall–Kier alpha value is -3.17. The number of hydrogen-bond acceptors (Lipinski definition) is 5. The molecule has 1 unspecified atom stereocenters. The molecule has 2 aliphatic carbocycles. The predicted octanol–water partition coefficient (Wildman–Crippen LogP) is 7.80. The van der Waals surface area contributed by atoms with Crippen LogP contribution in [0.5, 0.6) is 0 Å². The van der Waals surface area contributed by atoms with Gasteiger partial charge in [0.1, 0.15) is 6.04 Å². The van der Waals surface area contributed by atoms with Gasteiger partial charge in [0.05, 0.1) is 11.6 Å². The number of rotatable bonds is 11. The number of hydrogen-bond donors (Lipinski definition) is 0. The summed E-state index contributed by atoms with van der Waals surface area (Å²) in [5, 5.41) is 11.6. The summed E-state index contributed by atoms with van der Waals surface area (Å²) in [6.45, 7) is 6.34. The molecule has 0 radical (unpaired) electrons. The minimum atomic E-state index is -0.664. The molecule has 1 amide bonds. The Morgan fingerprint density at radius 1 is 0.902 bits per heavy atom. The third-order valence-electron chi connectivity index (χ3n) is 8.72. The smallest absolute Gasteiger partial charge is 0.348 e. The Morgan fingerprint density at radius 3 is 2.02 bits per heavy atom. The summed E-state index contributed by atoms with van der Waals surface area (Å²) in [7, 11) is 0. The van der Waals surface area contributed by atoms with Crippen LogP contribution in [0.4, 0.5) is 0 Å². The summed E-state index contributed by atoms with van der Waals surface area (Å²) >= 11 is 0. The van der Waals surface area contributed by atoms with Crippen molar-refractivity contribution in [1.29, 1.82) is 5.26 Å². The van der Waals surface area contributed by atoms with Crippen LogP contribution in [-0.4, -0.2) is 40.0 Å². The molecule has 4 rings (SSSR count). The van der Waals surface area contributed by atoms with Crippen molar-refractivity contribution in [2.45, 2.75) is 122 Å². The largest absolute Gasteiger partial charge is 0.365 e. The molecule has 2 fully saturated rings. The van der Waals surface area contributed by atoms with Crippen molar-refractivity contribution in [1.82, 2.24) is 9.96 Å². The van der Waals surface area contributed by atoms with Gasteiger partial charge in [-0.05, 0) is 60.8 Å². The number of nitrogens with zero attached hydrogens (tertiary/aromatic N) is 3. The van der Waals surface area contributed by atoms with Gasteiger partial charge in [-0.3, -0.25) is 4.79 Å². The van der Waals surface area contributed by atoms with Gasteiger partial charge in [-0.2, -0.15) is 5.26 Å². The normalized spacial score (nSPS) is 17.3. The lowest BCUT2D eigenvalue weighted by Crippen LogP contribution is -2.53. The molecule has 1 atom stereocenters. The molecule has 41 heavy (non-hydrogen) atoms. The molecule has 0 N–H and O–H groups in total. The standard InChI is InChI=1S/C35H47N3O3/c1-4-13-33(39)37(25-27-20-22-28(23-21-27)32-19-12-11-14-29(32)24-36)34(26(2)3)35(40)41-38(30-15-7-5-8-16-30)31-17-9-6-10-18-31/h11-12,14,19-23,26,30-31,34H,4-10,13,15-18,25H2,1-3H3. The molecule has 2 aliphatic rings. The lowest BCUT2D eigenvalue weighted by Gasteiger charge is -2.41. The third kappa shape index (κ3) is 7.98. The van der Waals surface area contributed by atoms with Crippen LogP contribution in [0.2, 0.25) is 0 Å². The number of hydroxylamine groups is 2. The lowest BCUT2D eigenvalue weighted by atomic mass is 9.90. The number of benzene rings is 2. The summed E-state index contributed by atoms with van der Waals surface area (Å²) < 4.78 is 0. The minimum Gasteiger partial charge on any atom is -0.365 e. The molecular formula is C35H47N3O3. The maximum atomic E-state index is 14.0. The van der Waals surface area contributed by atoms with Gasteiger partial charge in [-0.25, -0.2) is 4.79 Å². The van der Waals surface area contributed by atoms with Crippen LogP contribution in [-0.2, 0) is 21.0 Å². The topological polar surface area (TPSA) is 73.6 Å². The van der Waals surface area contributed by atoms with Gasteiger partial charge in [0.2, 0.25) is 5.91 Å². The van der Waals surface area contributed by atoms with Crippen LogP contribution in [0.1, 0.15) is 109 Å². The molecule has 2 aromatic carbocycles. The van der Waals surface area contributed by atoms with Gasteiger partial charge in [-0.1, -0.05) is 102 Å². The summed E-state index contributed by atoms with van der Waals surface area (Å²) in [6.07, 6.45) is 12.6. The Morgan fingerprint density at radius 2 is 1.49 bits per heavy atom. The van der Waals surface area contributed by atoms with Crippen molar-refractivity contribution in [2.24, 2.45) is 5.92 Å². The first-order valence-electron chi connectivity index (χ1n) is 15.8. The summed E-state index contributed by atoms with van der Waals surface area (Å²) in [4.78, 5) is 35.7. The molecule has 6 heteroatoms. The number of amides is 1. The van der Waals surface area contributed by atoms with E-state index in [2.05, 4.69) is 11.1 Å². The van der Waals surface area contributed by atoms with Crippen molar-refractivity contribution >= 4 is 11.9 Å². The van der Waals surface area contributed by atoms with Crippen LogP contribution in [0.25, 0.3) is 11.1 Å². The molecule has 6 nitrogen and oxygen atoms in total. The molecule has 0 aliphatic heterocycles. The molecule has 0 bridgehead atoms. The maximum Gasteiger partial charge on any atom is 0.348 e. The molecule has 0 aromatic heterocycles. The first kappa shape index (κ1) is 30.8. The minimum absolute atomic E-state index is 0.0241. The molecule has 2 saturated carbocycles. The average molecular weight is 558 g/mol. The molecule has 0 heterocycles. The van der Waals surface area contributed by atoms with Crippen molar-refractivity contribution in [3.8, 4) is 17.2 Å². The van der Waals surface area contributed by atoms with Crippen LogP contribution in [0.3, 0.4) is 0 Å². The Bertz CT molecular complexity index is 1160. The highest BCUT2D eigenvalue weighted by molar-refractivity contribution is 5.84. The highest BCUT2D eigenvalue weighted by Crippen LogP contribution is 2.32. The fraction of sp³-hybridized carbons (Fsp3) is 0.571. The van der Waals surface area contributed by atoms with Gasteiger partial charge in [-0.15, -0.1) is 5.06 Å². The summed E-state index contributed by atoms with van der Waals surface area (Å²) in [5.74, 6) is -0.422. The van der Waals surface area contributed by atoms with E-state index in [1.807, 2.05) is 69.3 Å². The van der Waals surface area contributed by atoms with Gasteiger partial charge in [0, 0.05) is 25.0 Å². The van der Waals surface area contributed by atoms with Crippen LogP contribution >= 0.6 is 0 Å². The van der Waals surface area contributed by atoms with E-state index in [-0.39, 0.29) is 29.9 Å². The summed E-state index contributed by atoms with van der Waals surface area (Å²) in [6, 6.07) is 17.7. The predicted molar refractivity (Wildman–Crippen MR) is 162 cm³/mol. The van der Waals surface area contributed by atoms with Gasteiger partial charge >= 0.3 is 5.97 Å². The van der Waals surface area contributed by atoms with Crippen LogP contribution in [0.15, 0.2) is 48.5 Å². The van der Waals surface area contributed by atoms with E-state index < -0.39 is 6.04 Å². The Labute approximate surface area is 246 Å². The quantitative estimate of drug-likeness (QED) is 0.264. The van der Waals surface area contributed by atoms with Crippen LogP contribution in [0, 0.1) is 17.2 Å². The first-order valence-corrected chi connectivity index (χ1v) is 15.8. The zero-order valence-corrected chi connectivity index (χ0v) is 25.2. The second-order valence-corrected chi connectivity index (χ2v) is 12.2. The van der Waals surface area contributed by atoms with Gasteiger partial charge in [0.15, 0.2) is 0 Å². The highest BCUT2D eigenvalue weighted by atomic mass is 16.7. The zero-order chi connectivity index (χ0) is 29.2. The van der Waals surface area contributed by atoms with Gasteiger partial charge < -0.3 is 9.74 Å². The third-order valence-corrected chi connectivity index (χ3v) is 8.72. The number of carbonyl (C=O) groups is 2. The Balaban J connectivity index is 1.57. The van der Waals surface area contributed by atoms with E-state index in [1.165, 1.54) is 38.5 Å². The highest BCUT2D eigenvalue weighted by Gasteiger charge is 2.38. The van der Waals surface area contributed by atoms with Gasteiger partial charge in [0.25, 0.3) is 0 Å². The molecular weight excluding hydrogens is 510 g/mol. The first-order chi connectivity index (χ1) is 19.9. The molecule has 2 aromatic rings. The van der Waals surface area contributed by atoms with E-state index in [9.17, 15) is 14.9 Å². The van der Waals surface area contributed by atoms with Crippen molar-refractivity contribution < 1.29 is 14.4 Å². The van der Waals surface area contributed by atoms with Crippen LogP contribution < -0.4 is 0 Å². The average Bonchev–Trinajstić information content (AvgIpc) is 3.00.